The van der Waals surface area contributed by atoms with Crippen LogP contribution in [-0.2, 0) is 13.2 Å². The number of aromatic hydroxyl groups is 1. The third kappa shape index (κ3) is 2.91. The molecule has 0 amide bonds. The van der Waals surface area contributed by atoms with Gasteiger partial charge in [0.2, 0.25) is 5.43 Å². The number of aliphatic hydroxyl groups excluding tert-OH is 1. The molecule has 0 aliphatic carbocycles. The Bertz CT molecular complexity index is 976. The second-order valence-corrected chi connectivity index (χ2v) is 5.34. The number of aromatic nitrogens is 1. The van der Waals surface area contributed by atoms with Gasteiger partial charge in [0.1, 0.15) is 17.6 Å². The van der Waals surface area contributed by atoms with Crippen LogP contribution in [0.3, 0.4) is 0 Å². The first-order valence-corrected chi connectivity index (χ1v) is 7.39. The lowest BCUT2D eigenvalue weighted by Gasteiger charge is -2.08. The molecule has 0 saturated heterocycles. The summed E-state index contributed by atoms with van der Waals surface area (Å²) < 4.78 is 5.42. The molecule has 0 atom stereocenters. The molecule has 122 valence electrons. The standard InChI is InChI=1S/C18H16N2O4/c1-11-17(22)15(12(9-21)7-20-11)8-19-6-13-10-24-16-5-3-2-4-14(16)18(13)23/h2-7,10,21-22H,8-9H2,1H3. The largest absolute Gasteiger partial charge is 0.506 e. The summed E-state index contributed by atoms with van der Waals surface area (Å²) in [4.78, 5) is 20.6. The van der Waals surface area contributed by atoms with Crippen molar-refractivity contribution in [3.05, 3.63) is 69.3 Å². The summed E-state index contributed by atoms with van der Waals surface area (Å²) >= 11 is 0. The van der Waals surface area contributed by atoms with Crippen LogP contribution in [0.15, 0.2) is 50.9 Å². The molecule has 1 aromatic carbocycles. The van der Waals surface area contributed by atoms with Crippen molar-refractivity contribution in [3.8, 4) is 5.75 Å². The molecule has 0 unspecified atom stereocenters. The Morgan fingerprint density at radius 1 is 1.33 bits per heavy atom. The monoisotopic (exact) mass is 324 g/mol. The maximum Gasteiger partial charge on any atom is 0.201 e. The van der Waals surface area contributed by atoms with E-state index < -0.39 is 0 Å². The highest BCUT2D eigenvalue weighted by Crippen LogP contribution is 2.24. The first-order valence-electron chi connectivity index (χ1n) is 7.39. The first-order chi connectivity index (χ1) is 11.6. The van der Waals surface area contributed by atoms with Crippen LogP contribution in [0.25, 0.3) is 11.0 Å². The molecule has 2 heterocycles. The van der Waals surface area contributed by atoms with Gasteiger partial charge in [-0.1, -0.05) is 12.1 Å². The summed E-state index contributed by atoms with van der Waals surface area (Å²) in [5.74, 6) is 0.00393. The number of aliphatic hydroxyl groups is 1. The summed E-state index contributed by atoms with van der Waals surface area (Å²) in [5.41, 5.74) is 2.13. The normalized spacial score (nSPS) is 11.4. The summed E-state index contributed by atoms with van der Waals surface area (Å²) in [6.45, 7) is 1.54. The fraction of sp³-hybridized carbons (Fsp3) is 0.167. The second-order valence-electron chi connectivity index (χ2n) is 5.34. The number of pyridine rings is 1. The number of nitrogens with zero attached hydrogens (tertiary/aromatic N) is 2. The van der Waals surface area contributed by atoms with Gasteiger partial charge in [0.05, 0.1) is 29.8 Å². The second kappa shape index (κ2) is 6.64. The van der Waals surface area contributed by atoms with E-state index in [9.17, 15) is 15.0 Å². The zero-order valence-corrected chi connectivity index (χ0v) is 13.1. The van der Waals surface area contributed by atoms with Crippen LogP contribution in [0.1, 0.15) is 22.4 Å². The molecule has 0 saturated carbocycles. The van der Waals surface area contributed by atoms with Crippen molar-refractivity contribution in [3.63, 3.8) is 0 Å². The van der Waals surface area contributed by atoms with Gasteiger partial charge in [-0.2, -0.15) is 0 Å². The molecule has 6 heteroatoms. The Morgan fingerprint density at radius 2 is 2.12 bits per heavy atom. The number of benzene rings is 1. The van der Waals surface area contributed by atoms with E-state index in [2.05, 4.69) is 9.98 Å². The minimum absolute atomic E-state index is 0.00393. The highest BCUT2D eigenvalue weighted by molar-refractivity contribution is 5.86. The van der Waals surface area contributed by atoms with Crippen LogP contribution >= 0.6 is 0 Å². The van der Waals surface area contributed by atoms with Crippen LogP contribution in [0.2, 0.25) is 0 Å². The zero-order chi connectivity index (χ0) is 17.1. The Labute approximate surface area is 137 Å². The third-order valence-corrected chi connectivity index (χ3v) is 3.79. The molecule has 0 radical (unpaired) electrons. The van der Waals surface area contributed by atoms with E-state index in [1.807, 2.05) is 0 Å². The van der Waals surface area contributed by atoms with Gasteiger partial charge in [-0.05, 0) is 19.1 Å². The van der Waals surface area contributed by atoms with E-state index in [4.69, 9.17) is 4.42 Å². The lowest BCUT2D eigenvalue weighted by molar-refractivity contribution is 0.279. The number of rotatable bonds is 4. The van der Waals surface area contributed by atoms with E-state index in [1.54, 1.807) is 31.2 Å². The Kier molecular flexibility index (Phi) is 4.39. The van der Waals surface area contributed by atoms with Gasteiger partial charge in [-0.25, -0.2) is 0 Å². The highest BCUT2D eigenvalue weighted by Gasteiger charge is 2.10. The van der Waals surface area contributed by atoms with Gasteiger partial charge < -0.3 is 14.6 Å². The number of hydrogen-bond acceptors (Lipinski definition) is 6. The predicted octanol–water partition coefficient (Wildman–Crippen LogP) is 2.31. The molecule has 2 N–H and O–H groups in total. The first kappa shape index (κ1) is 15.9. The number of aliphatic imine (C=N–C) groups is 1. The lowest BCUT2D eigenvalue weighted by Crippen LogP contribution is -2.08. The molecule has 24 heavy (non-hydrogen) atoms. The topological polar surface area (TPSA) is 95.9 Å². The summed E-state index contributed by atoms with van der Waals surface area (Å²) in [5, 5.41) is 19.9. The summed E-state index contributed by atoms with van der Waals surface area (Å²) in [7, 11) is 0. The molecule has 3 aromatic rings. The Hall–Kier alpha value is -2.99. The fourth-order valence-electron chi connectivity index (χ4n) is 2.41. The van der Waals surface area contributed by atoms with Gasteiger partial charge in [-0.3, -0.25) is 14.8 Å². The van der Waals surface area contributed by atoms with Crippen LogP contribution in [0, 0.1) is 6.92 Å². The highest BCUT2D eigenvalue weighted by atomic mass is 16.3. The maximum atomic E-state index is 12.4. The number of para-hydroxylation sites is 1. The van der Waals surface area contributed by atoms with Crippen molar-refractivity contribution >= 4 is 17.2 Å². The van der Waals surface area contributed by atoms with Crippen molar-refractivity contribution < 1.29 is 14.6 Å². The molecule has 0 bridgehead atoms. The predicted molar refractivity (Wildman–Crippen MR) is 90.3 cm³/mol. The van der Waals surface area contributed by atoms with Crippen molar-refractivity contribution in [1.82, 2.24) is 4.98 Å². The number of fused-ring (bicyclic) bond motifs is 1. The van der Waals surface area contributed by atoms with E-state index in [0.29, 0.717) is 33.4 Å². The fourth-order valence-corrected chi connectivity index (χ4v) is 2.41. The van der Waals surface area contributed by atoms with E-state index in [-0.39, 0.29) is 24.3 Å². The van der Waals surface area contributed by atoms with Crippen molar-refractivity contribution in [1.29, 1.82) is 0 Å². The molecular weight excluding hydrogens is 308 g/mol. The van der Waals surface area contributed by atoms with Gasteiger partial charge >= 0.3 is 0 Å². The van der Waals surface area contributed by atoms with Gasteiger partial charge in [0.25, 0.3) is 0 Å². The smallest absolute Gasteiger partial charge is 0.201 e. The average Bonchev–Trinajstić information content (AvgIpc) is 2.61. The Balaban J connectivity index is 1.92. The molecule has 6 nitrogen and oxygen atoms in total. The van der Waals surface area contributed by atoms with Crippen LogP contribution in [-0.4, -0.2) is 21.4 Å². The minimum atomic E-state index is -0.246. The van der Waals surface area contributed by atoms with E-state index >= 15 is 0 Å². The number of hydrogen-bond donors (Lipinski definition) is 2. The maximum absolute atomic E-state index is 12.4. The molecule has 0 aliphatic rings. The SMILES string of the molecule is Cc1ncc(CO)c(CN=Cc2coc3ccccc3c2=O)c1O. The van der Waals surface area contributed by atoms with E-state index in [1.165, 1.54) is 18.7 Å². The third-order valence-electron chi connectivity index (χ3n) is 3.79. The van der Waals surface area contributed by atoms with Crippen molar-refractivity contribution in [2.75, 3.05) is 0 Å². The zero-order valence-electron chi connectivity index (χ0n) is 13.1. The Morgan fingerprint density at radius 3 is 2.92 bits per heavy atom. The molecule has 0 aliphatic heterocycles. The van der Waals surface area contributed by atoms with Crippen LogP contribution in [0.5, 0.6) is 5.75 Å². The van der Waals surface area contributed by atoms with Crippen molar-refractivity contribution in [2.24, 2.45) is 4.99 Å². The van der Waals surface area contributed by atoms with Gasteiger partial charge in [0.15, 0.2) is 0 Å². The van der Waals surface area contributed by atoms with Crippen LogP contribution < -0.4 is 5.43 Å². The van der Waals surface area contributed by atoms with E-state index in [0.717, 1.165) is 0 Å². The molecular formula is C18H16N2O4. The van der Waals surface area contributed by atoms with Crippen molar-refractivity contribution in [2.45, 2.75) is 20.1 Å². The summed E-state index contributed by atoms with van der Waals surface area (Å²) in [6.07, 6.45) is 4.28. The minimum Gasteiger partial charge on any atom is -0.506 e. The number of aryl methyl sites for hydroxylation is 1. The average molecular weight is 324 g/mol. The molecule has 0 fully saturated rings. The van der Waals surface area contributed by atoms with Gasteiger partial charge in [0, 0.05) is 23.5 Å². The lowest BCUT2D eigenvalue weighted by atomic mass is 10.1. The van der Waals surface area contributed by atoms with Gasteiger partial charge in [-0.15, -0.1) is 0 Å². The quantitative estimate of drug-likeness (QED) is 0.718. The van der Waals surface area contributed by atoms with Crippen LogP contribution in [0.4, 0.5) is 0 Å². The molecule has 3 rings (SSSR count). The molecule has 0 spiro atoms. The molecule has 2 aromatic heterocycles. The summed E-state index contributed by atoms with van der Waals surface area (Å²) in [6, 6.07) is 6.98.